The molecule has 2 aromatic rings. The van der Waals surface area contributed by atoms with Crippen LogP contribution >= 0.6 is 11.3 Å². The van der Waals surface area contributed by atoms with E-state index in [9.17, 15) is 9.90 Å². The van der Waals surface area contributed by atoms with E-state index in [1.165, 1.54) is 11.3 Å². The van der Waals surface area contributed by atoms with Gasteiger partial charge in [0.05, 0.1) is 36.1 Å². The highest BCUT2D eigenvalue weighted by molar-refractivity contribution is 7.07. The fraction of sp³-hybridized carbons (Fsp3) is 0.231. The minimum atomic E-state index is -0.956. The van der Waals surface area contributed by atoms with Crippen molar-refractivity contribution in [3.05, 3.63) is 40.3 Å². The van der Waals surface area contributed by atoms with Crippen molar-refractivity contribution in [3.8, 4) is 5.75 Å². The van der Waals surface area contributed by atoms with Gasteiger partial charge in [-0.25, -0.2) is 9.78 Å². The number of benzene rings is 1. The summed E-state index contributed by atoms with van der Waals surface area (Å²) in [6, 6.07) is 4.91. The molecule has 1 aromatic heterocycles. The summed E-state index contributed by atoms with van der Waals surface area (Å²) in [4.78, 5) is 17.3. The SMILES string of the molecule is COc1ccc(C(=O)O)c(N(C)Cc2cscn2)c1. The highest BCUT2D eigenvalue weighted by Gasteiger charge is 2.15. The molecule has 0 amide bonds. The van der Waals surface area contributed by atoms with E-state index in [1.54, 1.807) is 30.8 Å². The fourth-order valence-electron chi connectivity index (χ4n) is 1.78. The number of nitrogens with zero attached hydrogens (tertiary/aromatic N) is 2. The lowest BCUT2D eigenvalue weighted by Crippen LogP contribution is -2.19. The van der Waals surface area contributed by atoms with Crippen LogP contribution in [0.3, 0.4) is 0 Å². The van der Waals surface area contributed by atoms with Crippen molar-refractivity contribution >= 4 is 23.0 Å². The van der Waals surface area contributed by atoms with E-state index >= 15 is 0 Å². The first-order chi connectivity index (χ1) is 9.11. The number of aromatic nitrogens is 1. The first-order valence-corrected chi connectivity index (χ1v) is 6.55. The van der Waals surface area contributed by atoms with Gasteiger partial charge in [-0.3, -0.25) is 0 Å². The van der Waals surface area contributed by atoms with Crippen molar-refractivity contribution in [2.45, 2.75) is 6.54 Å². The Balaban J connectivity index is 2.32. The molecule has 0 aliphatic rings. The van der Waals surface area contributed by atoms with Gasteiger partial charge in [-0.2, -0.15) is 0 Å². The van der Waals surface area contributed by atoms with Gasteiger partial charge in [0.2, 0.25) is 0 Å². The summed E-state index contributed by atoms with van der Waals surface area (Å²) >= 11 is 1.52. The predicted molar refractivity (Wildman–Crippen MR) is 74.2 cm³/mol. The van der Waals surface area contributed by atoms with Crippen LogP contribution in [0.2, 0.25) is 0 Å². The van der Waals surface area contributed by atoms with Crippen LogP contribution < -0.4 is 9.64 Å². The Morgan fingerprint density at radius 2 is 2.32 bits per heavy atom. The third kappa shape index (κ3) is 3.03. The number of anilines is 1. The highest BCUT2D eigenvalue weighted by Crippen LogP contribution is 2.26. The van der Waals surface area contributed by atoms with Crippen LogP contribution in [-0.2, 0) is 6.54 Å². The summed E-state index contributed by atoms with van der Waals surface area (Å²) in [5.41, 5.74) is 3.53. The normalized spacial score (nSPS) is 10.2. The molecule has 0 aliphatic heterocycles. The molecule has 0 radical (unpaired) electrons. The predicted octanol–water partition coefficient (Wildman–Crippen LogP) is 2.49. The standard InChI is InChI=1S/C13H14N2O3S/c1-15(6-9-7-19-8-14-9)12-5-10(18-2)3-4-11(12)13(16)17/h3-5,7-8H,6H2,1-2H3,(H,16,17). The van der Waals surface area contributed by atoms with E-state index in [4.69, 9.17) is 4.74 Å². The van der Waals surface area contributed by atoms with Gasteiger partial charge in [-0.15, -0.1) is 11.3 Å². The summed E-state index contributed by atoms with van der Waals surface area (Å²) in [6.45, 7) is 0.553. The van der Waals surface area contributed by atoms with E-state index in [2.05, 4.69) is 4.98 Å². The maximum absolute atomic E-state index is 11.2. The number of rotatable bonds is 5. The zero-order valence-electron chi connectivity index (χ0n) is 10.7. The Labute approximate surface area is 115 Å². The number of carboxylic acid groups (broad SMARTS) is 1. The average Bonchev–Trinajstić information content (AvgIpc) is 2.90. The highest BCUT2D eigenvalue weighted by atomic mass is 32.1. The molecule has 0 spiro atoms. The number of carbonyl (C=O) groups is 1. The van der Waals surface area contributed by atoms with E-state index in [0.717, 1.165) is 5.69 Å². The number of hydrogen-bond acceptors (Lipinski definition) is 5. The first kappa shape index (κ1) is 13.4. The van der Waals surface area contributed by atoms with Crippen molar-refractivity contribution in [2.75, 3.05) is 19.1 Å². The average molecular weight is 278 g/mol. The van der Waals surface area contributed by atoms with Crippen LogP contribution in [0.25, 0.3) is 0 Å². The zero-order valence-corrected chi connectivity index (χ0v) is 11.5. The van der Waals surface area contributed by atoms with Crippen LogP contribution in [0.15, 0.2) is 29.1 Å². The number of thiazole rings is 1. The molecule has 5 nitrogen and oxygen atoms in total. The Kier molecular flexibility index (Phi) is 4.01. The molecule has 0 fully saturated rings. The topological polar surface area (TPSA) is 62.7 Å². The largest absolute Gasteiger partial charge is 0.497 e. The number of carboxylic acids is 1. The van der Waals surface area contributed by atoms with E-state index in [-0.39, 0.29) is 5.56 Å². The molecule has 100 valence electrons. The summed E-state index contributed by atoms with van der Waals surface area (Å²) in [5.74, 6) is -0.326. The van der Waals surface area contributed by atoms with Crippen LogP contribution in [0.4, 0.5) is 5.69 Å². The number of methoxy groups -OCH3 is 1. The quantitative estimate of drug-likeness (QED) is 0.910. The van der Waals surface area contributed by atoms with Gasteiger partial charge in [-0.05, 0) is 12.1 Å². The Bertz CT molecular complexity index is 569. The molecule has 2 rings (SSSR count). The van der Waals surface area contributed by atoms with Crippen molar-refractivity contribution < 1.29 is 14.6 Å². The maximum Gasteiger partial charge on any atom is 0.337 e. The van der Waals surface area contributed by atoms with Crippen LogP contribution in [-0.4, -0.2) is 30.2 Å². The summed E-state index contributed by atoms with van der Waals surface area (Å²) < 4.78 is 5.14. The van der Waals surface area contributed by atoms with Crippen LogP contribution in [0.1, 0.15) is 16.1 Å². The molecule has 0 unspecified atom stereocenters. The monoisotopic (exact) mass is 278 g/mol. The second-order valence-corrected chi connectivity index (χ2v) is 4.74. The minimum absolute atomic E-state index is 0.249. The second kappa shape index (κ2) is 5.71. The Hall–Kier alpha value is -2.08. The third-order valence-corrected chi connectivity index (χ3v) is 3.36. The fourth-order valence-corrected chi connectivity index (χ4v) is 2.33. The zero-order chi connectivity index (χ0) is 13.8. The van der Waals surface area contributed by atoms with Crippen molar-refractivity contribution in [2.24, 2.45) is 0 Å². The van der Waals surface area contributed by atoms with Gasteiger partial charge in [0, 0.05) is 18.5 Å². The first-order valence-electron chi connectivity index (χ1n) is 5.61. The summed E-state index contributed by atoms with van der Waals surface area (Å²) in [7, 11) is 3.39. The number of aromatic carboxylic acids is 1. The number of hydrogen-bond donors (Lipinski definition) is 1. The van der Waals surface area contributed by atoms with E-state index in [1.807, 2.05) is 17.3 Å². The van der Waals surface area contributed by atoms with Gasteiger partial charge in [0.15, 0.2) is 0 Å². The van der Waals surface area contributed by atoms with E-state index < -0.39 is 5.97 Å². The maximum atomic E-state index is 11.2. The molecular formula is C13H14N2O3S. The van der Waals surface area contributed by atoms with Gasteiger partial charge < -0.3 is 14.7 Å². The lowest BCUT2D eigenvalue weighted by atomic mass is 10.1. The van der Waals surface area contributed by atoms with Gasteiger partial charge in [0.25, 0.3) is 0 Å². The number of ether oxygens (including phenoxy) is 1. The van der Waals surface area contributed by atoms with Gasteiger partial charge in [0.1, 0.15) is 5.75 Å². The lowest BCUT2D eigenvalue weighted by Gasteiger charge is -2.20. The van der Waals surface area contributed by atoms with Gasteiger partial charge in [-0.1, -0.05) is 0 Å². The van der Waals surface area contributed by atoms with Crippen LogP contribution in [0.5, 0.6) is 5.75 Å². The minimum Gasteiger partial charge on any atom is -0.497 e. The molecule has 6 heteroatoms. The van der Waals surface area contributed by atoms with Crippen molar-refractivity contribution in [1.29, 1.82) is 0 Å². The molecule has 1 N–H and O–H groups in total. The van der Waals surface area contributed by atoms with E-state index in [0.29, 0.717) is 18.0 Å². The molecule has 1 aromatic carbocycles. The van der Waals surface area contributed by atoms with Crippen molar-refractivity contribution in [1.82, 2.24) is 4.98 Å². The van der Waals surface area contributed by atoms with Crippen molar-refractivity contribution in [3.63, 3.8) is 0 Å². The summed E-state index contributed by atoms with van der Waals surface area (Å²) in [5, 5.41) is 11.2. The molecule has 0 bridgehead atoms. The molecule has 0 atom stereocenters. The smallest absolute Gasteiger partial charge is 0.337 e. The molecule has 1 heterocycles. The van der Waals surface area contributed by atoms with Gasteiger partial charge >= 0.3 is 5.97 Å². The Morgan fingerprint density at radius 1 is 1.53 bits per heavy atom. The molecule has 0 saturated carbocycles. The summed E-state index contributed by atoms with van der Waals surface area (Å²) in [6.07, 6.45) is 0. The lowest BCUT2D eigenvalue weighted by molar-refractivity contribution is 0.0697. The van der Waals surface area contributed by atoms with Crippen LogP contribution in [0, 0.1) is 0 Å². The molecule has 0 saturated heterocycles. The third-order valence-electron chi connectivity index (χ3n) is 2.73. The Morgan fingerprint density at radius 3 is 2.89 bits per heavy atom. The molecule has 0 aliphatic carbocycles. The second-order valence-electron chi connectivity index (χ2n) is 4.02. The molecular weight excluding hydrogens is 264 g/mol. The molecule has 19 heavy (non-hydrogen) atoms.